The number of rotatable bonds is 16. The molecule has 1 aromatic carbocycles. The molecule has 2 atom stereocenters. The van der Waals surface area contributed by atoms with Crippen molar-refractivity contribution in [1.29, 1.82) is 0.594 Å². The van der Waals surface area contributed by atoms with Crippen LogP contribution < -0.4 is 5.73 Å². The Balaban J connectivity index is -0.000000721. The van der Waals surface area contributed by atoms with Gasteiger partial charge in [0.05, 0.1) is 25.6 Å². The lowest BCUT2D eigenvalue weighted by Gasteiger charge is -2.18. The number of halogens is 1. The van der Waals surface area contributed by atoms with Crippen LogP contribution in [0.3, 0.4) is 0 Å². The summed E-state index contributed by atoms with van der Waals surface area (Å²) in [7, 11) is 1.00. The number of aliphatic hydroxyl groups is 1. The Morgan fingerprint density at radius 3 is 1.68 bits per heavy atom. The molecule has 0 radical (unpaired) electrons. The van der Waals surface area contributed by atoms with Gasteiger partial charge in [0.2, 0.25) is 0 Å². The van der Waals surface area contributed by atoms with Crippen molar-refractivity contribution < 1.29 is 53.5 Å². The van der Waals surface area contributed by atoms with E-state index in [0.29, 0.717) is 6.42 Å². The summed E-state index contributed by atoms with van der Waals surface area (Å²) in [4.78, 5) is 55.7. The zero-order chi connectivity index (χ0) is 33.1. The third-order valence-corrected chi connectivity index (χ3v) is 5.29. The SMILES string of the molecule is CC(C)[C@H](CC(=O)OCc1ccccc1)C(=O)OCCCC(=O)O.CC(C)[C@H](N)C(=O)OCCCC(=O)O.CO.[2H]I. The van der Waals surface area contributed by atoms with E-state index in [1.54, 1.807) is 0 Å². The summed E-state index contributed by atoms with van der Waals surface area (Å²) in [5.41, 5.74) is 6.39. The molecule has 0 saturated heterocycles. The minimum Gasteiger partial charge on any atom is -0.481 e. The predicted molar refractivity (Wildman–Crippen MR) is 161 cm³/mol. The maximum atomic E-state index is 12.1. The Morgan fingerprint density at radius 1 is 0.805 bits per heavy atom. The number of aliphatic carboxylic acids is 2. The van der Waals surface area contributed by atoms with Crippen molar-refractivity contribution in [3.8, 4) is 0 Å². The molecule has 0 aliphatic heterocycles. The van der Waals surface area contributed by atoms with Gasteiger partial charge >= 0.3 is 29.8 Å². The van der Waals surface area contributed by atoms with Crippen LogP contribution in [-0.2, 0) is 44.8 Å². The first-order valence-electron chi connectivity index (χ1n) is 13.4. The molecule has 12 nitrogen and oxygen atoms in total. The fraction of sp³-hybridized carbons (Fsp3) is 0.607. The Bertz CT molecular complexity index is 886. The van der Waals surface area contributed by atoms with Crippen molar-refractivity contribution in [3.05, 3.63) is 35.9 Å². The van der Waals surface area contributed by atoms with Crippen LogP contribution in [0.2, 0.25) is 0 Å². The number of carboxylic acids is 2. The lowest BCUT2D eigenvalue weighted by Crippen LogP contribution is -2.37. The third kappa shape index (κ3) is 23.6. The first-order valence-corrected chi connectivity index (χ1v) is 13.0. The van der Waals surface area contributed by atoms with Gasteiger partial charge in [-0.25, -0.2) is 0 Å². The van der Waals surface area contributed by atoms with Gasteiger partial charge in [-0.05, 0) is 30.2 Å². The number of hydrogen-bond acceptors (Lipinski definition) is 10. The van der Waals surface area contributed by atoms with E-state index >= 15 is 0 Å². The molecule has 0 heterocycles. The molecule has 0 amide bonds. The molecule has 0 spiro atoms. The van der Waals surface area contributed by atoms with E-state index in [2.05, 4.69) is 0 Å². The average molecular weight is 701 g/mol. The predicted octanol–water partition coefficient (Wildman–Crippen LogP) is 3.40. The number of ether oxygens (including phenoxy) is 3. The lowest BCUT2D eigenvalue weighted by molar-refractivity contribution is -0.157. The summed E-state index contributed by atoms with van der Waals surface area (Å²) in [6.07, 6.45) is 0.474. The third-order valence-electron chi connectivity index (χ3n) is 5.29. The summed E-state index contributed by atoms with van der Waals surface area (Å²) in [5, 5.41) is 23.9. The number of hydrogen-bond donors (Lipinski definition) is 4. The van der Waals surface area contributed by atoms with Gasteiger partial charge in [0, 0.05) is 20.0 Å². The van der Waals surface area contributed by atoms with E-state index in [-0.39, 0.29) is 57.3 Å². The summed E-state index contributed by atoms with van der Waals surface area (Å²) in [6, 6.07) is 8.66. The van der Waals surface area contributed by atoms with E-state index in [4.69, 9.17) is 35.9 Å². The van der Waals surface area contributed by atoms with Gasteiger partial charge in [0.1, 0.15) is 13.2 Å². The molecule has 5 N–H and O–H groups in total. The number of carbonyl (C=O) groups excluding carboxylic acids is 3. The zero-order valence-corrected chi connectivity index (χ0v) is 26.6. The minimum atomic E-state index is -0.934. The normalized spacial score (nSPS) is 11.5. The Morgan fingerprint density at radius 2 is 1.27 bits per heavy atom. The van der Waals surface area contributed by atoms with E-state index in [0.717, 1.165) is 12.7 Å². The van der Waals surface area contributed by atoms with Crippen molar-refractivity contribution in [3.63, 3.8) is 0 Å². The standard InChI is InChI=1S/C18H24O6.C9H17NO4.CH4O.HI/c1-13(2)15(18(22)23-10-6-9-16(19)20)11-17(21)24-12-14-7-4-3-5-8-14;1-6(2)8(10)9(13)14-5-3-4-7(11)12;1-2;/h3-5,7-8,13,15H,6,9-12H2,1-2H3,(H,19,20);6,8H,3-5,10H2,1-2H3,(H,11,12);2H,1H3;1H/t15-;8-;;/m00../s1/i/hD. The molecule has 0 saturated carbocycles. The number of benzene rings is 1. The van der Waals surface area contributed by atoms with Gasteiger partial charge < -0.3 is 35.3 Å². The van der Waals surface area contributed by atoms with E-state index in [1.165, 1.54) is 23.8 Å². The quantitative estimate of drug-likeness (QED) is 0.0850. The van der Waals surface area contributed by atoms with Crippen molar-refractivity contribution in [2.24, 2.45) is 23.5 Å². The van der Waals surface area contributed by atoms with Crippen molar-refractivity contribution in [1.82, 2.24) is 0 Å². The second-order valence-electron chi connectivity index (χ2n) is 9.30. The Hall–Kier alpha value is -2.78. The fourth-order valence-corrected chi connectivity index (χ4v) is 2.84. The molecule has 0 aliphatic carbocycles. The number of esters is 3. The number of aliphatic hydroxyl groups excluding tert-OH is 1. The van der Waals surface area contributed by atoms with Crippen LogP contribution in [-0.4, -0.2) is 72.1 Å². The molecule has 13 heteroatoms. The first-order chi connectivity index (χ1) is 19.8. The highest BCUT2D eigenvalue weighted by Crippen LogP contribution is 2.18. The van der Waals surface area contributed by atoms with Gasteiger partial charge in [-0.3, -0.25) is 24.0 Å². The molecular formula is C28H46INO11. The molecule has 0 fully saturated rings. The summed E-state index contributed by atoms with van der Waals surface area (Å²) in [6.45, 7) is 7.62. The second kappa shape index (κ2) is 26.1. The van der Waals surface area contributed by atoms with Crippen LogP contribution in [0.1, 0.15) is 65.4 Å². The summed E-state index contributed by atoms with van der Waals surface area (Å²) >= 11 is 1.40. The van der Waals surface area contributed by atoms with Crippen LogP contribution in [0.25, 0.3) is 0 Å². The molecule has 41 heavy (non-hydrogen) atoms. The van der Waals surface area contributed by atoms with E-state index < -0.39 is 41.8 Å². The van der Waals surface area contributed by atoms with Crippen LogP contribution in [0.15, 0.2) is 30.3 Å². The molecule has 1 aromatic rings. The summed E-state index contributed by atoms with van der Waals surface area (Å²) in [5.74, 6) is -3.90. The fourth-order valence-electron chi connectivity index (χ4n) is 2.84. The van der Waals surface area contributed by atoms with Crippen LogP contribution >= 0.6 is 23.8 Å². The van der Waals surface area contributed by atoms with Crippen molar-refractivity contribution in [2.45, 2.75) is 72.4 Å². The van der Waals surface area contributed by atoms with Crippen LogP contribution in [0.4, 0.5) is 0 Å². The molecule has 0 unspecified atom stereocenters. The van der Waals surface area contributed by atoms with E-state index in [9.17, 15) is 24.0 Å². The lowest BCUT2D eigenvalue weighted by atomic mass is 9.93. The Kier molecular flexibility index (Phi) is 25.7. The molecule has 236 valence electrons. The van der Waals surface area contributed by atoms with E-state index in [1.807, 2.05) is 58.0 Å². The number of carboxylic acid groups (broad SMARTS) is 2. The summed E-state index contributed by atoms with van der Waals surface area (Å²) < 4.78 is 20.8. The first kappa shape index (κ1) is 40.4. The highest BCUT2D eigenvalue weighted by molar-refractivity contribution is 14.0. The maximum Gasteiger partial charge on any atom is 0.323 e. The van der Waals surface area contributed by atoms with Gasteiger partial charge in [-0.1, -0.05) is 58.0 Å². The van der Waals surface area contributed by atoms with Gasteiger partial charge in [-0.15, -0.1) is 23.8 Å². The maximum absolute atomic E-state index is 12.1. The Labute approximate surface area is 259 Å². The number of nitrogens with two attached hydrogens (primary N) is 1. The van der Waals surface area contributed by atoms with Crippen molar-refractivity contribution >= 4 is 53.6 Å². The zero-order valence-electron chi connectivity index (χ0n) is 25.4. The van der Waals surface area contributed by atoms with Gasteiger partial charge in [-0.2, -0.15) is 0 Å². The van der Waals surface area contributed by atoms with Crippen LogP contribution in [0, 0.1) is 17.8 Å². The highest BCUT2D eigenvalue weighted by atomic mass is 127. The van der Waals surface area contributed by atoms with Gasteiger partial charge in [0.15, 0.2) is 0 Å². The highest BCUT2D eigenvalue weighted by Gasteiger charge is 2.27. The smallest absolute Gasteiger partial charge is 0.323 e. The average Bonchev–Trinajstić information content (AvgIpc) is 2.97. The second-order valence-corrected chi connectivity index (χ2v) is 9.30. The number of carbonyl (C=O) groups is 5. The molecule has 0 aromatic heterocycles. The largest absolute Gasteiger partial charge is 0.481 e. The molecular weight excluding hydrogens is 653 g/mol. The minimum absolute atomic E-state index is 0.00416. The molecule has 0 bridgehead atoms. The van der Waals surface area contributed by atoms with Gasteiger partial charge in [0.25, 0.3) is 0 Å². The van der Waals surface area contributed by atoms with Crippen molar-refractivity contribution in [2.75, 3.05) is 20.3 Å². The monoisotopic (exact) mass is 700 g/mol. The van der Waals surface area contributed by atoms with Crippen LogP contribution in [0.5, 0.6) is 0 Å². The topological polar surface area (TPSA) is 200 Å². The molecule has 1 rings (SSSR count). The molecule has 0 aliphatic rings.